The molecule has 13 heteroatoms. The lowest BCUT2D eigenvalue weighted by molar-refractivity contribution is -0.670. The lowest BCUT2D eigenvalue weighted by atomic mass is 9.79. The Morgan fingerprint density at radius 3 is 2.61 bits per heavy atom. The maximum absolute atomic E-state index is 12.5. The van der Waals surface area contributed by atoms with Crippen LogP contribution in [0.1, 0.15) is 15.9 Å². The first-order valence-electron chi connectivity index (χ1n) is 9.79. The summed E-state index contributed by atoms with van der Waals surface area (Å²) in [6, 6.07) is 0.646. The molecule has 2 saturated heterocycles. The summed E-state index contributed by atoms with van der Waals surface area (Å²) in [6.07, 6.45) is -2.15. The van der Waals surface area contributed by atoms with E-state index in [-0.39, 0.29) is 29.6 Å². The molecule has 1 unspecified atom stereocenters. The number of phosphoric ester groups is 1. The van der Waals surface area contributed by atoms with Crippen molar-refractivity contribution < 1.29 is 53.0 Å². The van der Waals surface area contributed by atoms with Crippen molar-refractivity contribution in [2.45, 2.75) is 24.4 Å². The van der Waals surface area contributed by atoms with Gasteiger partial charge in [-0.2, -0.15) is 0 Å². The summed E-state index contributed by atoms with van der Waals surface area (Å²) in [6.45, 7) is 4.10. The van der Waals surface area contributed by atoms with Crippen molar-refractivity contribution in [3.63, 3.8) is 0 Å². The predicted octanol–water partition coefficient (Wildman–Crippen LogP) is -2.18. The highest BCUT2D eigenvalue weighted by Crippen LogP contribution is 2.55. The summed E-state index contributed by atoms with van der Waals surface area (Å²) in [5.41, 5.74) is 0.674. The molecule has 168 valence electrons. The first-order chi connectivity index (χ1) is 14.9. The molecule has 0 spiro atoms. The summed E-state index contributed by atoms with van der Waals surface area (Å²) >= 11 is 0. The average molecular weight is 456 g/mol. The van der Waals surface area contributed by atoms with Crippen LogP contribution >= 0.6 is 7.82 Å². The Hall–Kier alpha value is -2.18. The van der Waals surface area contributed by atoms with Crippen LogP contribution in [0.2, 0.25) is 0 Å². The summed E-state index contributed by atoms with van der Waals surface area (Å²) < 4.78 is 36.8. The Morgan fingerprint density at radius 1 is 1.19 bits per heavy atom. The molecule has 0 aromatic heterocycles. The van der Waals surface area contributed by atoms with E-state index in [0.717, 1.165) is 26.3 Å². The summed E-state index contributed by atoms with van der Waals surface area (Å²) in [7, 11) is -4.56. The Bertz CT molecular complexity index is 983. The van der Waals surface area contributed by atoms with Crippen LogP contribution in [0.25, 0.3) is 5.57 Å². The van der Waals surface area contributed by atoms with Crippen molar-refractivity contribution in [3.05, 3.63) is 23.3 Å². The van der Waals surface area contributed by atoms with E-state index in [4.69, 9.17) is 23.3 Å². The lowest BCUT2D eigenvalue weighted by Gasteiger charge is -2.38. The third-order valence-corrected chi connectivity index (χ3v) is 6.57. The summed E-state index contributed by atoms with van der Waals surface area (Å²) in [4.78, 5) is 24.1. The number of quaternary nitrogens is 1. The highest BCUT2D eigenvalue weighted by molar-refractivity contribution is 7.46. The number of hydrogen-bond acceptors (Lipinski definition) is 10. The molecule has 5 atom stereocenters. The number of benzene rings is 1. The predicted molar refractivity (Wildman–Crippen MR) is 99.3 cm³/mol. The molecule has 6 rings (SSSR count). The maximum atomic E-state index is 12.5. The number of hydrogen-bond donors (Lipinski definition) is 4. The minimum absolute atomic E-state index is 0.0402. The van der Waals surface area contributed by atoms with E-state index in [1.54, 1.807) is 0 Å². The number of ether oxygens (including phenoxy) is 3. The van der Waals surface area contributed by atoms with Crippen LogP contribution in [0.3, 0.4) is 0 Å². The van der Waals surface area contributed by atoms with Crippen molar-refractivity contribution in [2.24, 2.45) is 0 Å². The average Bonchev–Trinajstić information content (AvgIpc) is 3.35. The van der Waals surface area contributed by atoms with E-state index >= 15 is 0 Å². The number of phenolic OH excluding ortho intramolecular Hbond substituents is 1. The van der Waals surface area contributed by atoms with Crippen LogP contribution in [0, 0.1) is 0 Å². The number of rotatable bonds is 0. The molecule has 0 saturated carbocycles. The van der Waals surface area contributed by atoms with E-state index in [0.29, 0.717) is 11.1 Å². The molecule has 1 aromatic rings. The second-order valence-electron chi connectivity index (χ2n) is 7.51. The second kappa shape index (κ2) is 7.75. The molecule has 1 aromatic carbocycles. The fraction of sp³-hybridized carbons (Fsp3) is 0.500. The number of fused-ring (bicyclic) bond motifs is 6. The van der Waals surface area contributed by atoms with Crippen molar-refractivity contribution >= 4 is 19.3 Å². The van der Waals surface area contributed by atoms with E-state index in [9.17, 15) is 24.5 Å². The van der Waals surface area contributed by atoms with Crippen LogP contribution in [0.15, 0.2) is 12.1 Å². The number of phenols is 1. The quantitative estimate of drug-likeness (QED) is 0.315. The monoisotopic (exact) mass is 456 g/mol. The number of carbonyl (C=O) groups is 1. The lowest BCUT2D eigenvalue weighted by Crippen LogP contribution is -2.87. The molecule has 1 amide bonds. The minimum Gasteiger partial charge on any atom is -0.756 e. The Kier molecular flexibility index (Phi) is 5.18. The van der Waals surface area contributed by atoms with E-state index in [2.05, 4.69) is 10.6 Å². The molecular weight excluding hydrogens is 435 g/mol. The first-order valence-corrected chi connectivity index (χ1v) is 11.3. The summed E-state index contributed by atoms with van der Waals surface area (Å²) in [5.74, 6) is -0.692. The largest absolute Gasteiger partial charge is 0.756 e. The normalized spacial score (nSPS) is 35.0. The standard InChI is InChI=1S/C14H12NO9P.C4H9NO/c16-6-1-5-4-2-7-12(22-3-21-7)10(17)8(4)14(18)15-9(5)13-11(6)23-25(19,20)24-13;1-3-6-4-2-5-1/h1-2,6,9,11,13,16-17H,3H2,(H,15,18)(H,19,20);5H,1-4H2/t6-,9+,11+,13-;/m0./s1. The van der Waals surface area contributed by atoms with Crippen LogP contribution in [0.4, 0.5) is 0 Å². The zero-order chi connectivity index (χ0) is 21.8. The highest BCUT2D eigenvalue weighted by atomic mass is 31.2. The minimum atomic E-state index is -4.56. The topological polar surface area (TPSA) is 172 Å². The number of morpholine rings is 1. The number of nitrogens with one attached hydrogen (secondary N) is 1. The van der Waals surface area contributed by atoms with Crippen molar-refractivity contribution in [2.75, 3.05) is 33.1 Å². The second-order valence-corrected chi connectivity index (χ2v) is 8.83. The third kappa shape index (κ3) is 3.60. The number of nitrogens with two attached hydrogens (primary N) is 1. The number of aromatic hydroxyl groups is 1. The molecule has 5 N–H and O–H groups in total. The zero-order valence-corrected chi connectivity index (χ0v) is 17.1. The Balaban J connectivity index is 0.000000296. The number of aliphatic hydroxyl groups excluding tert-OH is 1. The smallest absolute Gasteiger partial charge is 0.268 e. The SMILES string of the molecule is C1COCC[NH2+]1.O=C1N[C@@H]2C(=C[C@H](O)[C@H]3OP(=O)([O-])O[C@H]32)c2cc3c(c(O)c21)OCO3. The van der Waals surface area contributed by atoms with Crippen LogP contribution in [-0.4, -0.2) is 73.6 Å². The Morgan fingerprint density at radius 2 is 1.94 bits per heavy atom. The van der Waals surface area contributed by atoms with Gasteiger partial charge in [-0.3, -0.25) is 9.36 Å². The first kappa shape index (κ1) is 20.7. The van der Waals surface area contributed by atoms with Gasteiger partial charge in [0, 0.05) is 5.56 Å². The number of amides is 1. The van der Waals surface area contributed by atoms with Gasteiger partial charge in [-0.1, -0.05) is 0 Å². The molecule has 31 heavy (non-hydrogen) atoms. The number of aliphatic hydroxyl groups is 1. The number of carbonyl (C=O) groups excluding carboxylic acids is 1. The molecule has 0 radical (unpaired) electrons. The van der Waals surface area contributed by atoms with E-state index < -0.39 is 38.1 Å². The van der Waals surface area contributed by atoms with Gasteiger partial charge in [-0.25, -0.2) is 0 Å². The highest BCUT2D eigenvalue weighted by Gasteiger charge is 2.52. The molecule has 2 fully saturated rings. The fourth-order valence-corrected chi connectivity index (χ4v) is 5.33. The van der Waals surface area contributed by atoms with Gasteiger partial charge in [0.1, 0.15) is 18.3 Å². The van der Waals surface area contributed by atoms with Gasteiger partial charge < -0.3 is 49.0 Å². The molecule has 12 nitrogen and oxygen atoms in total. The fourth-order valence-electron chi connectivity index (χ4n) is 4.20. The van der Waals surface area contributed by atoms with Gasteiger partial charge in [0.2, 0.25) is 12.5 Å². The molecule has 4 aliphatic heterocycles. The van der Waals surface area contributed by atoms with Crippen LogP contribution < -0.4 is 25.0 Å². The summed E-state index contributed by atoms with van der Waals surface area (Å²) in [5, 5.41) is 25.4. The maximum Gasteiger partial charge on any atom is 0.268 e. The van der Waals surface area contributed by atoms with E-state index in [1.807, 2.05) is 0 Å². The van der Waals surface area contributed by atoms with Gasteiger partial charge in [-0.05, 0) is 17.7 Å². The van der Waals surface area contributed by atoms with Crippen LogP contribution in [-0.2, 0) is 18.3 Å². The van der Waals surface area contributed by atoms with Crippen molar-refractivity contribution in [1.82, 2.24) is 5.32 Å². The molecule has 4 heterocycles. The van der Waals surface area contributed by atoms with Gasteiger partial charge >= 0.3 is 0 Å². The molecule has 0 bridgehead atoms. The van der Waals surface area contributed by atoms with Gasteiger partial charge in [0.05, 0.1) is 37.9 Å². The molecule has 1 aliphatic carbocycles. The third-order valence-electron chi connectivity index (χ3n) is 5.57. The molecule has 5 aliphatic rings. The van der Waals surface area contributed by atoms with Gasteiger partial charge in [0.15, 0.2) is 11.5 Å². The molecular formula is C18H21N2O10P. The van der Waals surface area contributed by atoms with Gasteiger partial charge in [-0.15, -0.1) is 0 Å². The Labute approximate surface area is 176 Å². The number of phosphoric acid groups is 1. The van der Waals surface area contributed by atoms with E-state index in [1.165, 1.54) is 12.1 Å². The zero-order valence-electron chi connectivity index (χ0n) is 16.2. The van der Waals surface area contributed by atoms with Gasteiger partial charge in [0.25, 0.3) is 13.7 Å². The van der Waals surface area contributed by atoms with Crippen molar-refractivity contribution in [3.8, 4) is 17.2 Å². The van der Waals surface area contributed by atoms with Crippen LogP contribution in [0.5, 0.6) is 17.2 Å². The van der Waals surface area contributed by atoms with Crippen molar-refractivity contribution in [1.29, 1.82) is 0 Å².